The molecule has 43 heavy (non-hydrogen) atoms. The fourth-order valence-corrected chi connectivity index (χ4v) is 6.95. The molecule has 0 aliphatic carbocycles. The number of carbonyl (C=O) groups is 3. The molecule has 2 fully saturated rings. The molecule has 4 amide bonds. The average molecular weight is 602 g/mol. The van der Waals surface area contributed by atoms with Gasteiger partial charge in [-0.05, 0) is 35.2 Å². The number of nitrogens with one attached hydrogen (secondary N) is 1. The Kier molecular flexibility index (Phi) is 8.10. The van der Waals surface area contributed by atoms with E-state index in [0.717, 1.165) is 51.9 Å². The number of amides is 4. The summed E-state index contributed by atoms with van der Waals surface area (Å²) in [4.78, 5) is 49.1. The molecule has 1 aromatic heterocycles. The smallest absolute Gasteiger partial charge is 0.332 e. The van der Waals surface area contributed by atoms with E-state index in [1.165, 1.54) is 16.3 Å². The van der Waals surface area contributed by atoms with E-state index in [1.54, 1.807) is 14.8 Å². The van der Waals surface area contributed by atoms with Crippen LogP contribution in [0.1, 0.15) is 36.5 Å². The maximum Gasteiger partial charge on any atom is 0.332 e. The average Bonchev–Trinajstić information content (AvgIpc) is 3.70. The van der Waals surface area contributed by atoms with Crippen LogP contribution in [0, 0.1) is 12.3 Å². The number of carbonyl (C=O) groups excluding carboxylic acids is 3. The Morgan fingerprint density at radius 2 is 2.16 bits per heavy atom. The van der Waals surface area contributed by atoms with Crippen molar-refractivity contribution in [3.8, 4) is 18.1 Å². The number of nitrogens with two attached hydrogens (primary N) is 1. The van der Waals surface area contributed by atoms with Crippen LogP contribution in [0.15, 0.2) is 36.4 Å². The molecule has 2 saturated heterocycles. The molecule has 2 aromatic carbocycles. The number of urea groups is 1. The zero-order chi connectivity index (χ0) is 30.1. The van der Waals surface area contributed by atoms with Gasteiger partial charge in [0.2, 0.25) is 11.8 Å². The molecular formula is C31H35N7O4S. The number of aromatic nitrogens is 1. The van der Waals surface area contributed by atoms with E-state index in [9.17, 15) is 14.4 Å². The number of anilines is 1. The van der Waals surface area contributed by atoms with Crippen molar-refractivity contribution in [2.75, 3.05) is 38.5 Å². The standard InChI is InChI=1S/C31H35N7O4S/c1-3-5-12-33-31(41)36(13-4-2)37-19-27(39)38-23(16-20-9-10-24-21(15-20)11-14-42-24)29(40)35(18-26(37)38)17-22-7-6-8-25-28(22)34-30(32)43-25/h2,6-10,15,23,26H,3,5,11-14,16-19H2,1H3,(H2,32,34)(H,33,41)/t23-,26+/m0/s1. The molecule has 6 rings (SSSR count). The van der Waals surface area contributed by atoms with Crippen molar-refractivity contribution in [1.29, 1.82) is 0 Å². The third-order valence-electron chi connectivity index (χ3n) is 8.22. The van der Waals surface area contributed by atoms with Crippen LogP contribution in [0.25, 0.3) is 10.2 Å². The summed E-state index contributed by atoms with van der Waals surface area (Å²) in [5.41, 5.74) is 9.69. The zero-order valence-electron chi connectivity index (χ0n) is 24.1. The summed E-state index contributed by atoms with van der Waals surface area (Å²) in [6.07, 6.45) is 8.01. The van der Waals surface area contributed by atoms with Crippen molar-refractivity contribution >= 4 is 44.5 Å². The number of rotatable bonds is 9. The Morgan fingerprint density at radius 3 is 2.98 bits per heavy atom. The van der Waals surface area contributed by atoms with Crippen LogP contribution < -0.4 is 15.8 Å². The zero-order valence-corrected chi connectivity index (χ0v) is 24.9. The Hall–Kier alpha value is -4.34. The Bertz CT molecular complexity index is 1600. The summed E-state index contributed by atoms with van der Waals surface area (Å²) < 4.78 is 6.62. The number of thiazole rings is 1. The summed E-state index contributed by atoms with van der Waals surface area (Å²) in [5.74, 6) is 3.05. The number of unbranched alkanes of at least 4 members (excludes halogenated alkanes) is 1. The predicted molar refractivity (Wildman–Crippen MR) is 164 cm³/mol. The van der Waals surface area contributed by atoms with E-state index in [-0.39, 0.29) is 44.0 Å². The van der Waals surface area contributed by atoms with E-state index in [0.29, 0.717) is 24.7 Å². The highest BCUT2D eigenvalue weighted by atomic mass is 32.1. The number of hydrogen-bond donors (Lipinski definition) is 2. The highest BCUT2D eigenvalue weighted by molar-refractivity contribution is 7.22. The molecule has 12 heteroatoms. The summed E-state index contributed by atoms with van der Waals surface area (Å²) in [7, 11) is 0. The van der Waals surface area contributed by atoms with Gasteiger partial charge in [0.15, 0.2) is 5.13 Å². The molecule has 224 valence electrons. The van der Waals surface area contributed by atoms with Crippen molar-refractivity contribution in [1.82, 2.24) is 30.1 Å². The minimum atomic E-state index is -0.757. The van der Waals surface area contributed by atoms with E-state index >= 15 is 0 Å². The van der Waals surface area contributed by atoms with Crippen LogP contribution in [0.3, 0.4) is 0 Å². The van der Waals surface area contributed by atoms with Crippen molar-refractivity contribution in [2.24, 2.45) is 0 Å². The minimum absolute atomic E-state index is 0.00355. The molecule has 3 aliphatic heterocycles. The highest BCUT2D eigenvalue weighted by Gasteiger charge is 2.52. The number of nitrogens with zero attached hydrogens (tertiary/aromatic N) is 5. The number of fused-ring (bicyclic) bond motifs is 3. The summed E-state index contributed by atoms with van der Waals surface area (Å²) in [6, 6.07) is 10.7. The number of hydrogen-bond acceptors (Lipinski definition) is 8. The van der Waals surface area contributed by atoms with Gasteiger partial charge in [0.1, 0.15) is 18.0 Å². The van der Waals surface area contributed by atoms with Crippen LogP contribution in [-0.2, 0) is 29.0 Å². The van der Waals surface area contributed by atoms with Gasteiger partial charge in [0, 0.05) is 25.9 Å². The number of para-hydroxylation sites is 1. The van der Waals surface area contributed by atoms with Gasteiger partial charge in [-0.3, -0.25) is 9.59 Å². The predicted octanol–water partition coefficient (Wildman–Crippen LogP) is 2.60. The maximum atomic E-state index is 14.2. The first kappa shape index (κ1) is 28.8. The first-order valence-corrected chi connectivity index (χ1v) is 15.4. The fraction of sp³-hybridized carbons (Fsp3) is 0.419. The minimum Gasteiger partial charge on any atom is -0.493 e. The lowest BCUT2D eigenvalue weighted by atomic mass is 9.98. The molecule has 11 nitrogen and oxygen atoms in total. The lowest BCUT2D eigenvalue weighted by molar-refractivity contribution is -0.157. The summed E-state index contributed by atoms with van der Waals surface area (Å²) in [6.45, 7) is 3.62. The summed E-state index contributed by atoms with van der Waals surface area (Å²) in [5, 5.41) is 6.53. The Balaban J connectivity index is 1.34. The van der Waals surface area contributed by atoms with E-state index in [1.807, 2.05) is 37.3 Å². The van der Waals surface area contributed by atoms with Gasteiger partial charge in [-0.1, -0.05) is 54.9 Å². The molecule has 3 aliphatic rings. The topological polar surface area (TPSA) is 124 Å². The van der Waals surface area contributed by atoms with E-state index in [2.05, 4.69) is 22.3 Å². The molecule has 0 spiro atoms. The number of nitrogen functional groups attached to an aromatic ring is 1. The first-order valence-electron chi connectivity index (χ1n) is 14.6. The molecule has 3 N–H and O–H groups in total. The van der Waals surface area contributed by atoms with Gasteiger partial charge in [0.25, 0.3) is 0 Å². The first-order chi connectivity index (χ1) is 20.9. The highest BCUT2D eigenvalue weighted by Crippen LogP contribution is 2.33. The second kappa shape index (κ2) is 12.1. The monoisotopic (exact) mass is 601 g/mol. The molecule has 2 atom stereocenters. The third-order valence-corrected chi connectivity index (χ3v) is 9.07. The van der Waals surface area contributed by atoms with Crippen LogP contribution in [0.4, 0.5) is 9.93 Å². The van der Waals surface area contributed by atoms with Crippen LogP contribution in [-0.4, -0.2) is 87.6 Å². The lowest BCUT2D eigenvalue weighted by Gasteiger charge is -2.46. The molecule has 0 bridgehead atoms. The number of terminal acetylenes is 1. The van der Waals surface area contributed by atoms with Crippen molar-refractivity contribution in [3.05, 3.63) is 53.1 Å². The fourth-order valence-electron chi connectivity index (χ4n) is 6.17. The van der Waals surface area contributed by atoms with Gasteiger partial charge in [-0.2, -0.15) is 5.01 Å². The van der Waals surface area contributed by atoms with Gasteiger partial charge in [-0.25, -0.2) is 14.8 Å². The molecule has 3 aromatic rings. The maximum absolute atomic E-state index is 14.2. The normalized spacial score (nSPS) is 19.7. The largest absolute Gasteiger partial charge is 0.493 e. The SMILES string of the molecule is C#CCN(C(=O)NCCCC)N1CC(=O)N2[C@@H](Cc3ccc4c(c3)CCO4)C(=O)N(Cc3cccc4sc(N)nc34)C[C@@H]21. The van der Waals surface area contributed by atoms with Gasteiger partial charge in [0.05, 0.1) is 36.5 Å². The van der Waals surface area contributed by atoms with E-state index in [4.69, 9.17) is 16.9 Å². The molecule has 0 unspecified atom stereocenters. The molecule has 0 radical (unpaired) electrons. The number of piperazine rings is 1. The van der Waals surface area contributed by atoms with Gasteiger partial charge in [-0.15, -0.1) is 6.42 Å². The lowest BCUT2D eigenvalue weighted by Crippen LogP contribution is -2.66. The number of ether oxygens (including phenoxy) is 1. The Morgan fingerprint density at radius 1 is 1.30 bits per heavy atom. The van der Waals surface area contributed by atoms with Crippen LogP contribution in [0.5, 0.6) is 5.75 Å². The Labute approximate surface area is 254 Å². The van der Waals surface area contributed by atoms with Crippen molar-refractivity contribution in [3.63, 3.8) is 0 Å². The van der Waals surface area contributed by atoms with Crippen molar-refractivity contribution < 1.29 is 19.1 Å². The van der Waals surface area contributed by atoms with Gasteiger partial charge >= 0.3 is 6.03 Å². The molecular weight excluding hydrogens is 566 g/mol. The second-order valence-electron chi connectivity index (χ2n) is 11.0. The molecule has 0 saturated carbocycles. The molecule has 4 heterocycles. The number of benzene rings is 2. The van der Waals surface area contributed by atoms with Crippen LogP contribution >= 0.6 is 11.3 Å². The summed E-state index contributed by atoms with van der Waals surface area (Å²) >= 11 is 1.40. The van der Waals surface area contributed by atoms with Crippen molar-refractivity contribution in [2.45, 2.75) is 51.4 Å². The van der Waals surface area contributed by atoms with E-state index < -0.39 is 12.2 Å². The second-order valence-corrected chi connectivity index (χ2v) is 12.1. The third kappa shape index (κ3) is 5.58. The van der Waals surface area contributed by atoms with Gasteiger partial charge < -0.3 is 25.6 Å². The quantitative estimate of drug-likeness (QED) is 0.285. The van der Waals surface area contributed by atoms with Crippen LogP contribution in [0.2, 0.25) is 0 Å². The number of hydrazine groups is 1.